The van der Waals surface area contributed by atoms with E-state index in [0.29, 0.717) is 12.8 Å². The standard InChI is InChI=1S/C69H117NO10/c1-4-7-10-13-16-19-22-25-27-29-31-33-34-36-38-41-44-47-50-53-56-62(73)68(77)70-60(61(72)55-52-49-46-43-40-24-21-18-15-12-9-6-3)59-78-69-67(66(76)65(75)63(58-71)79-69)80-64(74)57-54-51-48-45-42-39-37-35-32-30-28-26-23-20-17-14-11-8-5-2/h8,11,16-17,19-20,25-28,31-33,35,39,42,52,55,60-63,65-67,69,71-73,75-76H,4-7,9-10,12-15,18,21-24,29-30,34,36-38,40-41,43-51,53-54,56-59H2,1-3H3,(H,70,77)/b11-8-,19-16-,20-17-,27-25-,28-26-,33-31-,35-32-,42-39-,55-52+. The number of amides is 1. The fraction of sp³-hybridized carbons (Fsp3) is 0.710. The highest BCUT2D eigenvalue weighted by Gasteiger charge is 2.47. The van der Waals surface area contributed by atoms with Gasteiger partial charge in [-0.05, 0) is 109 Å². The Morgan fingerprint density at radius 3 is 1.38 bits per heavy atom. The summed E-state index contributed by atoms with van der Waals surface area (Å²) < 4.78 is 17.6. The molecule has 1 rings (SSSR count). The zero-order chi connectivity index (χ0) is 58.2. The van der Waals surface area contributed by atoms with E-state index in [9.17, 15) is 35.1 Å². The Bertz CT molecular complexity index is 1710. The molecule has 1 saturated heterocycles. The molecule has 0 aromatic heterocycles. The third-order valence-electron chi connectivity index (χ3n) is 14.4. The number of carbonyl (C=O) groups is 2. The first-order valence-electron chi connectivity index (χ1n) is 32.2. The molecule has 1 fully saturated rings. The van der Waals surface area contributed by atoms with Gasteiger partial charge in [0, 0.05) is 6.42 Å². The molecule has 1 amide bonds. The summed E-state index contributed by atoms with van der Waals surface area (Å²) in [6, 6.07) is -1.04. The van der Waals surface area contributed by atoms with Gasteiger partial charge in [0.05, 0.1) is 25.4 Å². The molecule has 1 aliphatic rings. The summed E-state index contributed by atoms with van der Waals surface area (Å²) in [5, 5.41) is 57.0. The number of rotatable bonds is 53. The summed E-state index contributed by atoms with van der Waals surface area (Å²) in [5.74, 6) is -1.24. The Labute approximate surface area is 488 Å². The van der Waals surface area contributed by atoms with Crippen LogP contribution < -0.4 is 5.32 Å². The molecule has 0 bridgehead atoms. The number of hydrogen-bond donors (Lipinski definition) is 6. The average molecular weight is 1120 g/mol. The van der Waals surface area contributed by atoms with Crippen molar-refractivity contribution in [2.45, 2.75) is 301 Å². The zero-order valence-electron chi connectivity index (χ0n) is 50.7. The molecule has 0 aromatic carbocycles. The van der Waals surface area contributed by atoms with E-state index in [1.54, 1.807) is 6.08 Å². The number of aliphatic hydroxyl groups excluding tert-OH is 5. The highest BCUT2D eigenvalue weighted by Crippen LogP contribution is 2.26. The molecule has 8 unspecified atom stereocenters. The zero-order valence-corrected chi connectivity index (χ0v) is 50.7. The van der Waals surface area contributed by atoms with Crippen LogP contribution in [-0.4, -0.2) is 99.6 Å². The normalized spacial score (nSPS) is 19.5. The minimum atomic E-state index is -1.64. The number of nitrogens with one attached hydrogen (secondary N) is 1. The van der Waals surface area contributed by atoms with Crippen molar-refractivity contribution in [1.29, 1.82) is 0 Å². The molecule has 458 valence electrons. The van der Waals surface area contributed by atoms with Crippen molar-refractivity contribution in [3.63, 3.8) is 0 Å². The van der Waals surface area contributed by atoms with Crippen LogP contribution in [0.3, 0.4) is 0 Å². The molecule has 0 saturated carbocycles. The van der Waals surface area contributed by atoms with Gasteiger partial charge in [-0.3, -0.25) is 9.59 Å². The van der Waals surface area contributed by atoms with Crippen molar-refractivity contribution in [1.82, 2.24) is 5.32 Å². The lowest BCUT2D eigenvalue weighted by molar-refractivity contribution is -0.305. The first-order chi connectivity index (χ1) is 39.2. The van der Waals surface area contributed by atoms with Gasteiger partial charge in [-0.1, -0.05) is 246 Å². The van der Waals surface area contributed by atoms with E-state index >= 15 is 0 Å². The highest BCUT2D eigenvalue weighted by molar-refractivity contribution is 5.80. The van der Waals surface area contributed by atoms with E-state index in [1.807, 2.05) is 6.08 Å². The van der Waals surface area contributed by atoms with Crippen LogP contribution in [0.15, 0.2) is 109 Å². The predicted molar refractivity (Wildman–Crippen MR) is 333 cm³/mol. The molecule has 1 aliphatic heterocycles. The number of ether oxygens (including phenoxy) is 3. The number of aliphatic hydroxyl groups is 5. The Morgan fingerprint density at radius 2 is 0.900 bits per heavy atom. The van der Waals surface area contributed by atoms with Crippen LogP contribution in [0.1, 0.15) is 252 Å². The van der Waals surface area contributed by atoms with Crippen LogP contribution in [0.2, 0.25) is 0 Å². The lowest BCUT2D eigenvalue weighted by atomic mass is 9.99. The van der Waals surface area contributed by atoms with E-state index in [0.717, 1.165) is 122 Å². The summed E-state index contributed by atoms with van der Waals surface area (Å²) in [6.45, 7) is 5.62. The molecule has 0 aliphatic carbocycles. The van der Waals surface area contributed by atoms with Crippen molar-refractivity contribution in [2.24, 2.45) is 0 Å². The van der Waals surface area contributed by atoms with Crippen LogP contribution in [0.4, 0.5) is 0 Å². The van der Waals surface area contributed by atoms with Gasteiger partial charge >= 0.3 is 5.97 Å². The first kappa shape index (κ1) is 74.3. The Balaban J connectivity index is 2.69. The third kappa shape index (κ3) is 43.1. The number of carbonyl (C=O) groups excluding carboxylic acids is 2. The van der Waals surface area contributed by atoms with Gasteiger partial charge in [-0.25, -0.2) is 0 Å². The summed E-state index contributed by atoms with van der Waals surface area (Å²) in [5.41, 5.74) is 0. The van der Waals surface area contributed by atoms with Gasteiger partial charge in [0.1, 0.15) is 24.4 Å². The molecular weight excluding hydrogens is 1000 g/mol. The predicted octanol–water partition coefficient (Wildman–Crippen LogP) is 15.7. The van der Waals surface area contributed by atoms with E-state index in [2.05, 4.69) is 123 Å². The first-order valence-corrected chi connectivity index (χ1v) is 32.2. The molecule has 1 heterocycles. The van der Waals surface area contributed by atoms with E-state index in [-0.39, 0.29) is 19.4 Å². The van der Waals surface area contributed by atoms with Gasteiger partial charge in [0.2, 0.25) is 5.91 Å². The number of allylic oxidation sites excluding steroid dienone is 17. The fourth-order valence-corrected chi connectivity index (χ4v) is 9.33. The highest BCUT2D eigenvalue weighted by atomic mass is 16.7. The molecular formula is C69H117NO10. The Hall–Kier alpha value is -3.68. The van der Waals surface area contributed by atoms with Crippen LogP contribution in [-0.2, 0) is 23.8 Å². The lowest BCUT2D eigenvalue weighted by Crippen LogP contribution is -2.61. The van der Waals surface area contributed by atoms with Crippen LogP contribution >= 0.6 is 0 Å². The largest absolute Gasteiger partial charge is 0.454 e. The van der Waals surface area contributed by atoms with Crippen molar-refractivity contribution < 1.29 is 49.3 Å². The topological polar surface area (TPSA) is 175 Å². The molecule has 0 aromatic rings. The van der Waals surface area contributed by atoms with Gasteiger partial charge in [0.15, 0.2) is 12.4 Å². The summed E-state index contributed by atoms with van der Waals surface area (Å²) in [6.07, 6.45) is 65.4. The fourth-order valence-electron chi connectivity index (χ4n) is 9.33. The second-order valence-corrected chi connectivity index (χ2v) is 21.8. The van der Waals surface area contributed by atoms with Crippen molar-refractivity contribution in [2.75, 3.05) is 13.2 Å². The third-order valence-corrected chi connectivity index (χ3v) is 14.4. The lowest BCUT2D eigenvalue weighted by Gasteiger charge is -2.41. The summed E-state index contributed by atoms with van der Waals surface area (Å²) in [4.78, 5) is 26.6. The maximum Gasteiger partial charge on any atom is 0.306 e. The maximum absolute atomic E-state index is 13.4. The molecule has 0 radical (unpaired) electrons. The Kier molecular flexibility index (Phi) is 51.9. The van der Waals surface area contributed by atoms with E-state index in [4.69, 9.17) is 14.2 Å². The molecule has 11 heteroatoms. The SMILES string of the molecule is CC/C=C\C/C=C\C/C=C\C/C=C\C/C=C\CCCCCC(=O)OC1C(OCC(NC(=O)C(O)CCCCCCCCC/C=C\C/C=C\C/C=C\CCCCC)C(O)/C=C/CCCCCCCCCCCC)OC(CO)C(O)C1O. The minimum absolute atomic E-state index is 0.0780. The van der Waals surface area contributed by atoms with Crippen LogP contribution in [0, 0.1) is 0 Å². The van der Waals surface area contributed by atoms with Gasteiger partial charge in [-0.2, -0.15) is 0 Å². The average Bonchev–Trinajstić information content (AvgIpc) is 3.48. The molecule has 0 spiro atoms. The van der Waals surface area contributed by atoms with Gasteiger partial charge in [-0.15, -0.1) is 0 Å². The molecule has 11 nitrogen and oxygen atoms in total. The number of hydrogen-bond acceptors (Lipinski definition) is 10. The smallest absolute Gasteiger partial charge is 0.306 e. The summed E-state index contributed by atoms with van der Waals surface area (Å²) >= 11 is 0. The number of esters is 1. The Morgan fingerprint density at radius 1 is 0.500 bits per heavy atom. The monoisotopic (exact) mass is 1120 g/mol. The second kappa shape index (κ2) is 55.8. The van der Waals surface area contributed by atoms with E-state index in [1.165, 1.54) is 83.5 Å². The van der Waals surface area contributed by atoms with Crippen LogP contribution in [0.25, 0.3) is 0 Å². The molecule has 8 atom stereocenters. The molecule has 6 N–H and O–H groups in total. The van der Waals surface area contributed by atoms with Crippen LogP contribution in [0.5, 0.6) is 0 Å². The van der Waals surface area contributed by atoms with Crippen molar-refractivity contribution in [3.05, 3.63) is 109 Å². The maximum atomic E-state index is 13.4. The van der Waals surface area contributed by atoms with Gasteiger partial charge < -0.3 is 45.1 Å². The second-order valence-electron chi connectivity index (χ2n) is 21.8. The number of unbranched alkanes of at least 4 members (excludes halogenated alkanes) is 23. The summed E-state index contributed by atoms with van der Waals surface area (Å²) in [7, 11) is 0. The van der Waals surface area contributed by atoms with Crippen molar-refractivity contribution >= 4 is 11.9 Å². The quantitative estimate of drug-likeness (QED) is 0.0195. The molecule has 80 heavy (non-hydrogen) atoms. The van der Waals surface area contributed by atoms with E-state index < -0.39 is 67.4 Å². The minimum Gasteiger partial charge on any atom is -0.454 e. The van der Waals surface area contributed by atoms with Crippen molar-refractivity contribution in [3.8, 4) is 0 Å². The van der Waals surface area contributed by atoms with Gasteiger partial charge in [0.25, 0.3) is 0 Å².